The second-order valence-electron chi connectivity index (χ2n) is 7.40. The molecule has 136 valence electrons. The Morgan fingerprint density at radius 1 is 1.00 bits per heavy atom. The van der Waals surface area contributed by atoms with Crippen LogP contribution in [0.25, 0.3) is 0 Å². The van der Waals surface area contributed by atoms with Crippen molar-refractivity contribution in [2.24, 2.45) is 5.92 Å². The predicted octanol–water partition coefficient (Wildman–Crippen LogP) is 4.53. The first-order valence-electron chi connectivity index (χ1n) is 9.57. The Hall–Kier alpha value is -1.84. The van der Waals surface area contributed by atoms with Gasteiger partial charge in [-0.2, -0.15) is 0 Å². The van der Waals surface area contributed by atoms with Crippen LogP contribution in [0.1, 0.15) is 30.4 Å². The molecule has 0 spiro atoms. The zero-order valence-corrected chi connectivity index (χ0v) is 15.8. The number of anilines is 1. The van der Waals surface area contributed by atoms with Gasteiger partial charge in [-0.15, -0.1) is 0 Å². The Bertz CT molecular complexity index is 766. The SMILES string of the molecule is O=C(C1CCN(Cc2ccc(Cl)cc2)CC1)N1CCCc2ccccc21. The molecule has 1 amide bonds. The van der Waals surface area contributed by atoms with Crippen LogP contribution >= 0.6 is 11.6 Å². The molecule has 0 aromatic heterocycles. The van der Waals surface area contributed by atoms with Crippen LogP contribution in [0.4, 0.5) is 5.69 Å². The van der Waals surface area contributed by atoms with Gasteiger partial charge in [0.05, 0.1) is 0 Å². The standard InChI is InChI=1S/C22H25ClN2O/c23-20-9-7-17(8-10-20)16-24-14-11-19(12-15-24)22(26)25-13-3-5-18-4-1-2-6-21(18)25/h1-2,4,6-10,19H,3,5,11-16H2. The summed E-state index contributed by atoms with van der Waals surface area (Å²) in [6.07, 6.45) is 4.05. The summed E-state index contributed by atoms with van der Waals surface area (Å²) in [5.41, 5.74) is 3.73. The van der Waals surface area contributed by atoms with E-state index in [9.17, 15) is 4.79 Å². The third-order valence-corrected chi connectivity index (χ3v) is 5.88. The van der Waals surface area contributed by atoms with E-state index in [1.807, 2.05) is 23.1 Å². The number of halogens is 1. The number of benzene rings is 2. The minimum absolute atomic E-state index is 0.155. The number of para-hydroxylation sites is 1. The fourth-order valence-corrected chi connectivity index (χ4v) is 4.29. The molecule has 2 aliphatic heterocycles. The molecule has 0 atom stereocenters. The van der Waals surface area contributed by atoms with Gasteiger partial charge in [-0.3, -0.25) is 9.69 Å². The van der Waals surface area contributed by atoms with Gasteiger partial charge in [0, 0.05) is 29.7 Å². The van der Waals surface area contributed by atoms with Gasteiger partial charge in [-0.05, 0) is 68.1 Å². The number of carbonyl (C=O) groups is 1. The molecule has 0 radical (unpaired) electrons. The molecule has 0 unspecified atom stereocenters. The minimum atomic E-state index is 0.155. The number of nitrogens with zero attached hydrogens (tertiary/aromatic N) is 2. The lowest BCUT2D eigenvalue weighted by Crippen LogP contribution is -2.44. The van der Waals surface area contributed by atoms with Crippen molar-refractivity contribution in [1.82, 2.24) is 4.90 Å². The Balaban J connectivity index is 1.36. The van der Waals surface area contributed by atoms with E-state index in [1.54, 1.807) is 0 Å². The molecule has 4 rings (SSSR count). The second-order valence-corrected chi connectivity index (χ2v) is 7.84. The summed E-state index contributed by atoms with van der Waals surface area (Å²) in [5, 5.41) is 0.778. The van der Waals surface area contributed by atoms with Crippen LogP contribution < -0.4 is 4.90 Å². The maximum atomic E-state index is 13.1. The molecule has 0 N–H and O–H groups in total. The minimum Gasteiger partial charge on any atom is -0.312 e. The molecule has 1 saturated heterocycles. The van der Waals surface area contributed by atoms with Gasteiger partial charge in [0.1, 0.15) is 0 Å². The lowest BCUT2D eigenvalue weighted by atomic mass is 9.93. The van der Waals surface area contributed by atoms with Gasteiger partial charge >= 0.3 is 0 Å². The van der Waals surface area contributed by atoms with Crippen molar-refractivity contribution >= 4 is 23.2 Å². The molecule has 0 bridgehead atoms. The average Bonchev–Trinajstić information content (AvgIpc) is 2.69. The van der Waals surface area contributed by atoms with Gasteiger partial charge in [0.15, 0.2) is 0 Å². The van der Waals surface area contributed by atoms with E-state index < -0.39 is 0 Å². The topological polar surface area (TPSA) is 23.6 Å². The van der Waals surface area contributed by atoms with E-state index in [0.29, 0.717) is 5.91 Å². The van der Waals surface area contributed by atoms with E-state index in [2.05, 4.69) is 35.2 Å². The summed E-state index contributed by atoms with van der Waals surface area (Å²) >= 11 is 5.96. The van der Waals surface area contributed by atoms with Crippen molar-refractivity contribution in [3.05, 3.63) is 64.7 Å². The Labute approximate surface area is 160 Å². The van der Waals surface area contributed by atoms with Gasteiger partial charge in [0.25, 0.3) is 0 Å². The van der Waals surface area contributed by atoms with Crippen LogP contribution in [-0.2, 0) is 17.8 Å². The third kappa shape index (κ3) is 3.79. The molecule has 3 nitrogen and oxygen atoms in total. The summed E-state index contributed by atoms with van der Waals surface area (Å²) in [7, 11) is 0. The first-order valence-corrected chi connectivity index (χ1v) is 9.94. The van der Waals surface area contributed by atoms with Crippen LogP contribution in [0, 0.1) is 5.92 Å². The molecular weight excluding hydrogens is 344 g/mol. The zero-order valence-electron chi connectivity index (χ0n) is 15.0. The number of hydrogen-bond acceptors (Lipinski definition) is 2. The number of aryl methyl sites for hydroxylation is 1. The van der Waals surface area contributed by atoms with Gasteiger partial charge in [-0.1, -0.05) is 41.9 Å². The van der Waals surface area contributed by atoms with Crippen LogP contribution in [-0.4, -0.2) is 30.4 Å². The monoisotopic (exact) mass is 368 g/mol. The molecule has 1 fully saturated rings. The third-order valence-electron chi connectivity index (χ3n) is 5.63. The number of rotatable bonds is 3. The molecule has 2 aromatic carbocycles. The number of piperidine rings is 1. The largest absolute Gasteiger partial charge is 0.312 e. The molecule has 2 aliphatic rings. The van der Waals surface area contributed by atoms with E-state index in [1.165, 1.54) is 11.1 Å². The second kappa shape index (κ2) is 7.81. The highest BCUT2D eigenvalue weighted by Gasteiger charge is 2.31. The Morgan fingerprint density at radius 3 is 2.50 bits per heavy atom. The molecule has 2 heterocycles. The summed E-state index contributed by atoms with van der Waals surface area (Å²) in [6.45, 7) is 3.76. The number of amides is 1. The highest BCUT2D eigenvalue weighted by molar-refractivity contribution is 6.30. The molecule has 0 aliphatic carbocycles. The predicted molar refractivity (Wildman–Crippen MR) is 107 cm³/mol. The van der Waals surface area contributed by atoms with Crippen molar-refractivity contribution in [3.63, 3.8) is 0 Å². The maximum absolute atomic E-state index is 13.1. The summed E-state index contributed by atoms with van der Waals surface area (Å²) in [6, 6.07) is 16.4. The van der Waals surface area contributed by atoms with Crippen molar-refractivity contribution in [1.29, 1.82) is 0 Å². The number of hydrogen-bond donors (Lipinski definition) is 0. The Morgan fingerprint density at radius 2 is 1.73 bits per heavy atom. The molecule has 26 heavy (non-hydrogen) atoms. The van der Waals surface area contributed by atoms with Gasteiger partial charge in [-0.25, -0.2) is 0 Å². The number of likely N-dealkylation sites (tertiary alicyclic amines) is 1. The summed E-state index contributed by atoms with van der Waals surface area (Å²) in [5.74, 6) is 0.478. The normalized spacial score (nSPS) is 18.6. The smallest absolute Gasteiger partial charge is 0.230 e. The Kier molecular flexibility index (Phi) is 5.28. The quantitative estimate of drug-likeness (QED) is 0.794. The average molecular weight is 369 g/mol. The van der Waals surface area contributed by atoms with Gasteiger partial charge in [0.2, 0.25) is 5.91 Å². The van der Waals surface area contributed by atoms with Crippen molar-refractivity contribution in [3.8, 4) is 0 Å². The van der Waals surface area contributed by atoms with E-state index >= 15 is 0 Å². The summed E-state index contributed by atoms with van der Waals surface area (Å²) < 4.78 is 0. The van der Waals surface area contributed by atoms with Crippen LogP contribution in [0.2, 0.25) is 5.02 Å². The fraction of sp³-hybridized carbons (Fsp3) is 0.409. The van der Waals surface area contributed by atoms with E-state index in [0.717, 1.165) is 62.6 Å². The zero-order chi connectivity index (χ0) is 17.9. The lowest BCUT2D eigenvalue weighted by molar-refractivity contribution is -0.123. The van der Waals surface area contributed by atoms with Crippen LogP contribution in [0.3, 0.4) is 0 Å². The van der Waals surface area contributed by atoms with Crippen molar-refractivity contribution in [2.45, 2.75) is 32.2 Å². The highest BCUT2D eigenvalue weighted by Crippen LogP contribution is 2.30. The van der Waals surface area contributed by atoms with Crippen LogP contribution in [0.15, 0.2) is 48.5 Å². The molecule has 0 saturated carbocycles. The first kappa shape index (κ1) is 17.6. The number of carbonyl (C=O) groups excluding carboxylic acids is 1. The summed E-state index contributed by atoms with van der Waals surface area (Å²) in [4.78, 5) is 17.6. The molecule has 4 heteroatoms. The van der Waals surface area contributed by atoms with Crippen molar-refractivity contribution < 1.29 is 4.79 Å². The highest BCUT2D eigenvalue weighted by atomic mass is 35.5. The fourth-order valence-electron chi connectivity index (χ4n) is 4.17. The maximum Gasteiger partial charge on any atom is 0.230 e. The van der Waals surface area contributed by atoms with Crippen molar-refractivity contribution in [2.75, 3.05) is 24.5 Å². The van der Waals surface area contributed by atoms with Crippen LogP contribution in [0.5, 0.6) is 0 Å². The first-order chi connectivity index (χ1) is 12.7. The lowest BCUT2D eigenvalue weighted by Gasteiger charge is -2.36. The molecule has 2 aromatic rings. The van der Waals surface area contributed by atoms with Gasteiger partial charge < -0.3 is 4.90 Å². The number of fused-ring (bicyclic) bond motifs is 1. The van der Waals surface area contributed by atoms with E-state index in [4.69, 9.17) is 11.6 Å². The molecular formula is C22H25ClN2O. The van der Waals surface area contributed by atoms with E-state index in [-0.39, 0.29) is 5.92 Å².